The number of rotatable bonds is 5. The molecule has 0 aliphatic heterocycles. The third-order valence-electron chi connectivity index (χ3n) is 3.88. The van der Waals surface area contributed by atoms with E-state index in [0.29, 0.717) is 11.8 Å². The smallest absolute Gasteiger partial charge is 0.0668 e. The van der Waals surface area contributed by atoms with Crippen molar-refractivity contribution in [2.75, 3.05) is 5.75 Å². The van der Waals surface area contributed by atoms with Crippen LogP contribution in [0.1, 0.15) is 52.9 Å². The summed E-state index contributed by atoms with van der Waals surface area (Å²) in [6.07, 6.45) is 5.27. The van der Waals surface area contributed by atoms with Crippen molar-refractivity contribution in [1.82, 2.24) is 0 Å². The highest BCUT2D eigenvalue weighted by atomic mass is 32.2. The van der Waals surface area contributed by atoms with Crippen LogP contribution in [0.4, 0.5) is 0 Å². The van der Waals surface area contributed by atoms with Gasteiger partial charge in [0.15, 0.2) is 0 Å². The van der Waals surface area contributed by atoms with Crippen molar-refractivity contribution in [2.24, 2.45) is 17.8 Å². The molecule has 0 aromatic heterocycles. The summed E-state index contributed by atoms with van der Waals surface area (Å²) in [7, 11) is -0.802. The van der Waals surface area contributed by atoms with Gasteiger partial charge in [0.05, 0.1) is 17.2 Å². The molecule has 4 atom stereocenters. The highest BCUT2D eigenvalue weighted by Gasteiger charge is 2.33. The molecule has 0 aromatic carbocycles. The summed E-state index contributed by atoms with van der Waals surface area (Å²) >= 11 is 0. The Morgan fingerprint density at radius 1 is 1.41 bits per heavy atom. The van der Waals surface area contributed by atoms with Gasteiger partial charge < -0.3 is 0 Å². The average Bonchev–Trinajstić information content (AvgIpc) is 2.34. The van der Waals surface area contributed by atoms with Crippen molar-refractivity contribution in [3.63, 3.8) is 0 Å². The van der Waals surface area contributed by atoms with E-state index in [-0.39, 0.29) is 11.2 Å². The molecule has 0 spiro atoms. The monoisotopic (exact) mass is 255 g/mol. The zero-order chi connectivity index (χ0) is 12.8. The van der Waals surface area contributed by atoms with Crippen molar-refractivity contribution in [3.8, 4) is 6.07 Å². The van der Waals surface area contributed by atoms with Crippen molar-refractivity contribution in [3.05, 3.63) is 0 Å². The standard InChI is InChI=1S/C14H25NOS/c1-4-12-5-6-13(10-15)14(9-12)17(16)8-7-11(2)3/h11-14H,4-9H2,1-3H3. The van der Waals surface area contributed by atoms with E-state index < -0.39 is 10.8 Å². The van der Waals surface area contributed by atoms with Crippen LogP contribution in [0.3, 0.4) is 0 Å². The van der Waals surface area contributed by atoms with E-state index >= 15 is 0 Å². The van der Waals surface area contributed by atoms with Gasteiger partial charge in [-0.25, -0.2) is 0 Å². The van der Waals surface area contributed by atoms with Crippen LogP contribution in [-0.2, 0) is 10.8 Å². The lowest BCUT2D eigenvalue weighted by Gasteiger charge is -2.31. The molecule has 1 rings (SSSR count). The van der Waals surface area contributed by atoms with E-state index in [0.717, 1.165) is 37.9 Å². The van der Waals surface area contributed by atoms with E-state index in [1.807, 2.05) is 0 Å². The van der Waals surface area contributed by atoms with Crippen molar-refractivity contribution in [1.29, 1.82) is 5.26 Å². The van der Waals surface area contributed by atoms with Crippen molar-refractivity contribution < 1.29 is 4.21 Å². The van der Waals surface area contributed by atoms with Gasteiger partial charge in [-0.15, -0.1) is 0 Å². The van der Waals surface area contributed by atoms with Crippen LogP contribution in [0, 0.1) is 29.1 Å². The minimum atomic E-state index is -0.802. The maximum Gasteiger partial charge on any atom is 0.0668 e. The van der Waals surface area contributed by atoms with Crippen LogP contribution in [0.15, 0.2) is 0 Å². The molecule has 0 aromatic rings. The number of hydrogen-bond donors (Lipinski definition) is 0. The van der Waals surface area contributed by atoms with Gasteiger partial charge in [0, 0.05) is 16.6 Å². The molecule has 4 unspecified atom stereocenters. The summed E-state index contributed by atoms with van der Waals surface area (Å²) in [5.74, 6) is 2.10. The third kappa shape index (κ3) is 4.43. The fourth-order valence-corrected chi connectivity index (χ4v) is 4.58. The number of nitriles is 1. The Morgan fingerprint density at radius 2 is 2.12 bits per heavy atom. The van der Waals surface area contributed by atoms with E-state index in [4.69, 9.17) is 5.26 Å². The topological polar surface area (TPSA) is 40.9 Å². The largest absolute Gasteiger partial charge is 0.259 e. The normalized spacial score (nSPS) is 31.1. The van der Waals surface area contributed by atoms with Crippen LogP contribution in [0.5, 0.6) is 0 Å². The predicted octanol–water partition coefficient (Wildman–Crippen LogP) is 3.50. The molecule has 2 nitrogen and oxygen atoms in total. The second-order valence-electron chi connectivity index (χ2n) is 5.63. The Bertz CT molecular complexity index is 295. The first kappa shape index (κ1) is 14.7. The van der Waals surface area contributed by atoms with Crippen molar-refractivity contribution >= 4 is 10.8 Å². The van der Waals surface area contributed by atoms with Crippen LogP contribution in [-0.4, -0.2) is 15.2 Å². The Hall–Kier alpha value is -0.360. The molecular formula is C14H25NOS. The quantitative estimate of drug-likeness (QED) is 0.754. The lowest BCUT2D eigenvalue weighted by molar-refractivity contribution is 0.313. The fourth-order valence-electron chi connectivity index (χ4n) is 2.52. The van der Waals surface area contributed by atoms with E-state index in [9.17, 15) is 4.21 Å². The SMILES string of the molecule is CCC1CCC(C#N)C(S(=O)CCC(C)C)C1. The third-order valence-corrected chi connectivity index (χ3v) is 5.71. The maximum atomic E-state index is 12.3. The first-order valence-corrected chi connectivity index (χ1v) is 8.23. The summed E-state index contributed by atoms with van der Waals surface area (Å²) in [4.78, 5) is 0. The molecule has 0 N–H and O–H groups in total. The summed E-state index contributed by atoms with van der Waals surface area (Å²) in [5, 5.41) is 9.30. The highest BCUT2D eigenvalue weighted by molar-refractivity contribution is 7.85. The van der Waals surface area contributed by atoms with Crippen LogP contribution in [0.2, 0.25) is 0 Å². The second kappa shape index (κ2) is 7.16. The number of nitrogens with zero attached hydrogens (tertiary/aromatic N) is 1. The minimum Gasteiger partial charge on any atom is -0.259 e. The molecule has 0 bridgehead atoms. The van der Waals surface area contributed by atoms with Gasteiger partial charge in [-0.05, 0) is 37.5 Å². The van der Waals surface area contributed by atoms with E-state index in [1.54, 1.807) is 0 Å². The minimum absolute atomic E-state index is 0.0331. The average molecular weight is 255 g/mol. The molecule has 0 radical (unpaired) electrons. The Morgan fingerprint density at radius 3 is 2.65 bits per heavy atom. The predicted molar refractivity (Wildman–Crippen MR) is 73.0 cm³/mol. The summed E-state index contributed by atoms with van der Waals surface area (Å²) in [6, 6.07) is 2.37. The second-order valence-corrected chi connectivity index (χ2v) is 7.40. The van der Waals surface area contributed by atoms with Crippen molar-refractivity contribution in [2.45, 2.75) is 58.1 Å². The van der Waals surface area contributed by atoms with Gasteiger partial charge >= 0.3 is 0 Å². The molecule has 17 heavy (non-hydrogen) atoms. The Balaban J connectivity index is 2.57. The lowest BCUT2D eigenvalue weighted by Crippen LogP contribution is -2.33. The van der Waals surface area contributed by atoms with Gasteiger partial charge in [-0.3, -0.25) is 4.21 Å². The molecule has 98 valence electrons. The van der Waals surface area contributed by atoms with Gasteiger partial charge in [0.2, 0.25) is 0 Å². The summed E-state index contributed by atoms with van der Waals surface area (Å²) < 4.78 is 12.3. The fraction of sp³-hybridized carbons (Fsp3) is 0.929. The Labute approximate surface area is 108 Å². The molecular weight excluding hydrogens is 230 g/mol. The van der Waals surface area contributed by atoms with Crippen LogP contribution >= 0.6 is 0 Å². The maximum absolute atomic E-state index is 12.3. The van der Waals surface area contributed by atoms with Crippen LogP contribution < -0.4 is 0 Å². The molecule has 0 saturated heterocycles. The van der Waals surface area contributed by atoms with Gasteiger partial charge in [0.1, 0.15) is 0 Å². The van der Waals surface area contributed by atoms with Gasteiger partial charge in [0.25, 0.3) is 0 Å². The van der Waals surface area contributed by atoms with Gasteiger partial charge in [-0.2, -0.15) is 5.26 Å². The lowest BCUT2D eigenvalue weighted by atomic mass is 9.81. The molecule has 1 fully saturated rings. The molecule has 1 aliphatic carbocycles. The zero-order valence-corrected chi connectivity index (χ0v) is 12.1. The first-order chi connectivity index (χ1) is 8.08. The summed E-state index contributed by atoms with van der Waals surface area (Å²) in [6.45, 7) is 6.52. The summed E-state index contributed by atoms with van der Waals surface area (Å²) in [5.41, 5.74) is 0. The highest BCUT2D eigenvalue weighted by Crippen LogP contribution is 2.34. The van der Waals surface area contributed by atoms with Gasteiger partial charge in [-0.1, -0.05) is 27.2 Å². The van der Waals surface area contributed by atoms with Crippen LogP contribution in [0.25, 0.3) is 0 Å². The van der Waals surface area contributed by atoms with E-state index in [2.05, 4.69) is 26.8 Å². The molecule has 3 heteroatoms. The Kier molecular flexibility index (Phi) is 6.19. The number of hydrogen-bond acceptors (Lipinski definition) is 2. The molecule has 1 aliphatic rings. The zero-order valence-electron chi connectivity index (χ0n) is 11.3. The first-order valence-electron chi connectivity index (χ1n) is 6.85. The van der Waals surface area contributed by atoms with E-state index in [1.165, 1.54) is 0 Å². The molecule has 0 amide bonds. The molecule has 0 heterocycles. The molecule has 1 saturated carbocycles.